The largest absolute Gasteiger partial charge is 0.484 e. The Bertz CT molecular complexity index is 504. The number of likely N-dealkylation sites (tertiary alicyclic amines) is 1. The standard InChI is InChI=1S/C17H23NO4/c1-2-13-3-5-15(6-4-13)22-12-16(19)18-9-7-14(8-10-18)11-17(20)21/h3-6,14H,2,7-12H2,1H3,(H,20,21). The number of rotatable bonds is 6. The van der Waals surface area contributed by atoms with E-state index in [9.17, 15) is 9.59 Å². The van der Waals surface area contributed by atoms with Gasteiger partial charge in [0.05, 0.1) is 0 Å². The lowest BCUT2D eigenvalue weighted by Crippen LogP contribution is -2.41. The average molecular weight is 305 g/mol. The minimum atomic E-state index is -0.761. The van der Waals surface area contributed by atoms with Crippen LogP contribution in [0.4, 0.5) is 0 Å². The van der Waals surface area contributed by atoms with Crippen LogP contribution in [0.3, 0.4) is 0 Å². The van der Waals surface area contributed by atoms with Crippen LogP contribution < -0.4 is 4.74 Å². The van der Waals surface area contributed by atoms with Gasteiger partial charge >= 0.3 is 5.97 Å². The molecular formula is C17H23NO4. The molecule has 0 unspecified atom stereocenters. The lowest BCUT2D eigenvalue weighted by molar-refractivity contribution is -0.139. The number of aliphatic carboxylic acids is 1. The van der Waals surface area contributed by atoms with E-state index in [2.05, 4.69) is 6.92 Å². The van der Waals surface area contributed by atoms with Crippen molar-refractivity contribution in [3.05, 3.63) is 29.8 Å². The lowest BCUT2D eigenvalue weighted by atomic mass is 9.94. The molecule has 120 valence electrons. The van der Waals surface area contributed by atoms with Crippen molar-refractivity contribution in [2.24, 2.45) is 5.92 Å². The van der Waals surface area contributed by atoms with Gasteiger partial charge in [0, 0.05) is 19.5 Å². The maximum atomic E-state index is 12.1. The Morgan fingerprint density at radius 3 is 2.41 bits per heavy atom. The highest BCUT2D eigenvalue weighted by Crippen LogP contribution is 2.20. The zero-order valence-corrected chi connectivity index (χ0v) is 13.0. The molecule has 0 aromatic heterocycles. The van der Waals surface area contributed by atoms with E-state index < -0.39 is 5.97 Å². The van der Waals surface area contributed by atoms with Crippen molar-refractivity contribution in [1.82, 2.24) is 4.90 Å². The van der Waals surface area contributed by atoms with Crippen molar-refractivity contribution >= 4 is 11.9 Å². The normalized spacial score (nSPS) is 15.6. The first-order chi connectivity index (χ1) is 10.6. The number of amides is 1. The molecule has 2 rings (SSSR count). The highest BCUT2D eigenvalue weighted by Gasteiger charge is 2.24. The molecule has 1 aliphatic heterocycles. The third-order valence-electron chi connectivity index (χ3n) is 4.12. The van der Waals surface area contributed by atoms with Gasteiger partial charge in [0.1, 0.15) is 5.75 Å². The fourth-order valence-corrected chi connectivity index (χ4v) is 2.69. The third kappa shape index (κ3) is 4.76. The molecular weight excluding hydrogens is 282 g/mol. The predicted octanol–water partition coefficient (Wildman–Crippen LogP) is 2.34. The molecule has 0 atom stereocenters. The van der Waals surface area contributed by atoms with Gasteiger partial charge < -0.3 is 14.7 Å². The van der Waals surface area contributed by atoms with Crippen LogP contribution in [-0.4, -0.2) is 41.6 Å². The molecule has 1 heterocycles. The second-order valence-corrected chi connectivity index (χ2v) is 5.71. The summed E-state index contributed by atoms with van der Waals surface area (Å²) in [5.41, 5.74) is 1.24. The van der Waals surface area contributed by atoms with Crippen LogP contribution in [0.25, 0.3) is 0 Å². The maximum Gasteiger partial charge on any atom is 0.303 e. The van der Waals surface area contributed by atoms with E-state index in [1.54, 1.807) is 4.90 Å². The molecule has 1 fully saturated rings. The summed E-state index contributed by atoms with van der Waals surface area (Å²) >= 11 is 0. The number of carboxylic acid groups (broad SMARTS) is 1. The van der Waals surface area contributed by atoms with Crippen LogP contribution in [0.5, 0.6) is 5.75 Å². The molecule has 22 heavy (non-hydrogen) atoms. The summed E-state index contributed by atoms with van der Waals surface area (Å²) in [6, 6.07) is 7.75. The van der Waals surface area contributed by atoms with E-state index in [1.165, 1.54) is 5.56 Å². The van der Waals surface area contributed by atoms with E-state index >= 15 is 0 Å². The zero-order chi connectivity index (χ0) is 15.9. The van der Waals surface area contributed by atoms with Crippen molar-refractivity contribution in [2.45, 2.75) is 32.6 Å². The monoisotopic (exact) mass is 305 g/mol. The van der Waals surface area contributed by atoms with Gasteiger partial charge in [-0.25, -0.2) is 0 Å². The highest BCUT2D eigenvalue weighted by molar-refractivity contribution is 5.78. The Labute approximate surface area is 130 Å². The fourth-order valence-electron chi connectivity index (χ4n) is 2.69. The fraction of sp³-hybridized carbons (Fsp3) is 0.529. The van der Waals surface area contributed by atoms with Gasteiger partial charge in [0.2, 0.25) is 0 Å². The van der Waals surface area contributed by atoms with Gasteiger partial charge in [-0.2, -0.15) is 0 Å². The van der Waals surface area contributed by atoms with E-state index in [-0.39, 0.29) is 24.9 Å². The van der Waals surface area contributed by atoms with E-state index in [4.69, 9.17) is 9.84 Å². The smallest absolute Gasteiger partial charge is 0.303 e. The van der Waals surface area contributed by atoms with Crippen molar-refractivity contribution < 1.29 is 19.4 Å². The zero-order valence-electron chi connectivity index (χ0n) is 13.0. The molecule has 0 bridgehead atoms. The predicted molar refractivity (Wildman–Crippen MR) is 82.9 cm³/mol. The molecule has 1 N–H and O–H groups in total. The molecule has 5 heteroatoms. The maximum absolute atomic E-state index is 12.1. The number of hydrogen-bond acceptors (Lipinski definition) is 3. The molecule has 0 saturated carbocycles. The summed E-state index contributed by atoms with van der Waals surface area (Å²) in [4.78, 5) is 24.6. The lowest BCUT2D eigenvalue weighted by Gasteiger charge is -2.31. The molecule has 1 saturated heterocycles. The summed E-state index contributed by atoms with van der Waals surface area (Å²) < 4.78 is 5.53. The molecule has 0 spiro atoms. The Hall–Kier alpha value is -2.04. The number of carbonyl (C=O) groups is 2. The van der Waals surface area contributed by atoms with E-state index in [1.807, 2.05) is 24.3 Å². The Balaban J connectivity index is 1.74. The van der Waals surface area contributed by atoms with Crippen LogP contribution in [0, 0.1) is 5.92 Å². The van der Waals surface area contributed by atoms with Gasteiger partial charge in [-0.3, -0.25) is 9.59 Å². The minimum absolute atomic E-state index is 0.0339. The van der Waals surface area contributed by atoms with Gasteiger partial charge in [-0.15, -0.1) is 0 Å². The summed E-state index contributed by atoms with van der Waals surface area (Å²) in [7, 11) is 0. The number of piperidine rings is 1. The number of nitrogens with zero attached hydrogens (tertiary/aromatic N) is 1. The SMILES string of the molecule is CCc1ccc(OCC(=O)N2CCC(CC(=O)O)CC2)cc1. The first kappa shape index (κ1) is 16.3. The van der Waals surface area contributed by atoms with Gasteiger partial charge in [0.15, 0.2) is 6.61 Å². The summed E-state index contributed by atoms with van der Waals surface area (Å²) in [5.74, 6) is 0.0901. The van der Waals surface area contributed by atoms with Crippen molar-refractivity contribution in [2.75, 3.05) is 19.7 Å². The number of aryl methyl sites for hydroxylation is 1. The minimum Gasteiger partial charge on any atom is -0.484 e. The Morgan fingerprint density at radius 2 is 1.86 bits per heavy atom. The topological polar surface area (TPSA) is 66.8 Å². The molecule has 1 aromatic rings. The summed E-state index contributed by atoms with van der Waals surface area (Å²) in [5, 5.41) is 8.79. The van der Waals surface area contributed by atoms with E-state index in [0.29, 0.717) is 18.8 Å². The first-order valence-electron chi connectivity index (χ1n) is 7.79. The number of benzene rings is 1. The summed E-state index contributed by atoms with van der Waals surface area (Å²) in [6.45, 7) is 3.37. The first-order valence-corrected chi connectivity index (χ1v) is 7.79. The molecule has 1 aliphatic rings. The second kappa shape index (κ2) is 7.82. The number of carboxylic acids is 1. The molecule has 1 amide bonds. The number of hydrogen-bond donors (Lipinski definition) is 1. The van der Waals surface area contributed by atoms with Crippen LogP contribution >= 0.6 is 0 Å². The van der Waals surface area contributed by atoms with E-state index in [0.717, 1.165) is 19.3 Å². The van der Waals surface area contributed by atoms with Gasteiger partial charge in [0.25, 0.3) is 5.91 Å². The highest BCUT2D eigenvalue weighted by atomic mass is 16.5. The van der Waals surface area contributed by atoms with Crippen molar-refractivity contribution in [1.29, 1.82) is 0 Å². The molecule has 1 aromatic carbocycles. The molecule has 0 aliphatic carbocycles. The van der Waals surface area contributed by atoms with Crippen LogP contribution in [0.2, 0.25) is 0 Å². The van der Waals surface area contributed by atoms with Crippen LogP contribution in [0.1, 0.15) is 31.7 Å². The summed E-state index contributed by atoms with van der Waals surface area (Å²) in [6.07, 6.45) is 2.68. The quantitative estimate of drug-likeness (QED) is 0.876. The third-order valence-corrected chi connectivity index (χ3v) is 4.12. The van der Waals surface area contributed by atoms with Crippen molar-refractivity contribution in [3.8, 4) is 5.75 Å². The van der Waals surface area contributed by atoms with Crippen LogP contribution in [-0.2, 0) is 16.0 Å². The number of ether oxygens (including phenoxy) is 1. The number of carbonyl (C=O) groups excluding carboxylic acids is 1. The Morgan fingerprint density at radius 1 is 1.23 bits per heavy atom. The second-order valence-electron chi connectivity index (χ2n) is 5.71. The molecule has 5 nitrogen and oxygen atoms in total. The van der Waals surface area contributed by atoms with Crippen LogP contribution in [0.15, 0.2) is 24.3 Å². The van der Waals surface area contributed by atoms with Gasteiger partial charge in [-0.1, -0.05) is 19.1 Å². The van der Waals surface area contributed by atoms with Gasteiger partial charge in [-0.05, 0) is 42.9 Å². The van der Waals surface area contributed by atoms with Crippen molar-refractivity contribution in [3.63, 3.8) is 0 Å². The average Bonchev–Trinajstić information content (AvgIpc) is 2.53. The Kier molecular flexibility index (Phi) is 5.81. The molecule has 0 radical (unpaired) electrons.